The monoisotopic (exact) mass is 325 g/mol. The van der Waals surface area contributed by atoms with Crippen LogP contribution in [0.5, 0.6) is 0 Å². The standard InChI is InChI=1S/C11H16IN.ClH/c1-11(2,3)10(13)8-5-4-6-9(12)7-8;/h4-7,10H,13H2,1-3H3;1H/t10-;/m1./s1. The highest BCUT2D eigenvalue weighted by molar-refractivity contribution is 14.1. The van der Waals surface area contributed by atoms with Crippen LogP contribution in [-0.2, 0) is 0 Å². The highest BCUT2D eigenvalue weighted by atomic mass is 127. The first kappa shape index (κ1) is 14.2. The Bertz CT molecular complexity index is 294. The van der Waals surface area contributed by atoms with Gasteiger partial charge in [-0.05, 0) is 45.7 Å². The summed E-state index contributed by atoms with van der Waals surface area (Å²) in [5.41, 5.74) is 7.49. The molecule has 0 spiro atoms. The zero-order valence-corrected chi connectivity index (χ0v) is 11.7. The number of nitrogens with two attached hydrogens (primary N) is 1. The lowest BCUT2D eigenvalue weighted by molar-refractivity contribution is 0.327. The second kappa shape index (κ2) is 5.33. The van der Waals surface area contributed by atoms with E-state index in [0.29, 0.717) is 0 Å². The van der Waals surface area contributed by atoms with Crippen LogP contribution in [-0.4, -0.2) is 0 Å². The third kappa shape index (κ3) is 3.75. The second-order valence-electron chi connectivity index (χ2n) is 4.40. The van der Waals surface area contributed by atoms with E-state index in [9.17, 15) is 0 Å². The first-order valence-electron chi connectivity index (χ1n) is 4.42. The molecule has 0 unspecified atom stereocenters. The summed E-state index contributed by atoms with van der Waals surface area (Å²) in [4.78, 5) is 0. The maximum atomic E-state index is 6.14. The Kier molecular flexibility index (Phi) is 5.41. The smallest absolute Gasteiger partial charge is 0.0344 e. The highest BCUT2D eigenvalue weighted by Gasteiger charge is 2.21. The molecule has 0 heterocycles. The van der Waals surface area contributed by atoms with Gasteiger partial charge >= 0.3 is 0 Å². The van der Waals surface area contributed by atoms with Crippen LogP contribution in [0.4, 0.5) is 0 Å². The number of rotatable bonds is 1. The zero-order chi connectivity index (χ0) is 10.1. The molecule has 0 saturated carbocycles. The fraction of sp³-hybridized carbons (Fsp3) is 0.455. The summed E-state index contributed by atoms with van der Waals surface area (Å²) >= 11 is 2.31. The van der Waals surface area contributed by atoms with E-state index in [-0.39, 0.29) is 23.9 Å². The molecule has 0 saturated heterocycles. The van der Waals surface area contributed by atoms with E-state index < -0.39 is 0 Å². The Morgan fingerprint density at radius 1 is 1.29 bits per heavy atom. The van der Waals surface area contributed by atoms with Crippen molar-refractivity contribution in [2.45, 2.75) is 26.8 Å². The van der Waals surface area contributed by atoms with Crippen LogP contribution < -0.4 is 5.73 Å². The van der Waals surface area contributed by atoms with Gasteiger partial charge in [-0.2, -0.15) is 0 Å². The minimum Gasteiger partial charge on any atom is -0.324 e. The van der Waals surface area contributed by atoms with Gasteiger partial charge in [0.1, 0.15) is 0 Å². The zero-order valence-electron chi connectivity index (χ0n) is 8.75. The van der Waals surface area contributed by atoms with E-state index in [4.69, 9.17) is 5.73 Å². The van der Waals surface area contributed by atoms with E-state index >= 15 is 0 Å². The van der Waals surface area contributed by atoms with Crippen molar-refractivity contribution in [2.24, 2.45) is 11.1 Å². The Morgan fingerprint density at radius 2 is 1.86 bits per heavy atom. The Morgan fingerprint density at radius 3 is 2.29 bits per heavy atom. The van der Waals surface area contributed by atoms with Crippen LogP contribution in [0.25, 0.3) is 0 Å². The van der Waals surface area contributed by atoms with Crippen molar-refractivity contribution < 1.29 is 0 Å². The fourth-order valence-electron chi connectivity index (χ4n) is 1.20. The van der Waals surface area contributed by atoms with Crippen molar-refractivity contribution in [3.05, 3.63) is 33.4 Å². The normalized spacial score (nSPS) is 13.2. The molecule has 0 aromatic heterocycles. The minimum atomic E-state index is 0. The third-order valence-electron chi connectivity index (χ3n) is 2.14. The summed E-state index contributed by atoms with van der Waals surface area (Å²) in [5, 5.41) is 0. The Balaban J connectivity index is 0.00000169. The lowest BCUT2D eigenvalue weighted by Gasteiger charge is -2.27. The lowest BCUT2D eigenvalue weighted by atomic mass is 9.83. The van der Waals surface area contributed by atoms with Crippen LogP contribution in [0.1, 0.15) is 32.4 Å². The molecule has 0 aliphatic heterocycles. The second-order valence-corrected chi connectivity index (χ2v) is 5.64. The lowest BCUT2D eigenvalue weighted by Crippen LogP contribution is -2.26. The number of hydrogen-bond donors (Lipinski definition) is 1. The summed E-state index contributed by atoms with van der Waals surface area (Å²) in [6.45, 7) is 6.49. The van der Waals surface area contributed by atoms with E-state index in [2.05, 4.69) is 67.6 Å². The molecule has 1 atom stereocenters. The minimum absolute atomic E-state index is 0. The summed E-state index contributed by atoms with van der Waals surface area (Å²) in [6.07, 6.45) is 0. The molecule has 0 radical (unpaired) electrons. The van der Waals surface area contributed by atoms with Crippen LogP contribution in [0, 0.1) is 8.99 Å². The molecule has 3 heteroatoms. The topological polar surface area (TPSA) is 26.0 Å². The van der Waals surface area contributed by atoms with Gasteiger partial charge in [0.2, 0.25) is 0 Å². The SMILES string of the molecule is CC(C)(C)[C@H](N)c1cccc(I)c1.Cl. The Labute approximate surface area is 106 Å². The number of halogens is 2. The maximum Gasteiger partial charge on any atom is 0.0344 e. The molecule has 80 valence electrons. The van der Waals surface area contributed by atoms with Crippen LogP contribution in [0.15, 0.2) is 24.3 Å². The van der Waals surface area contributed by atoms with Crippen LogP contribution in [0.2, 0.25) is 0 Å². The highest BCUT2D eigenvalue weighted by Crippen LogP contribution is 2.30. The van der Waals surface area contributed by atoms with Gasteiger partial charge in [-0.15, -0.1) is 12.4 Å². The molecule has 0 aliphatic carbocycles. The van der Waals surface area contributed by atoms with Gasteiger partial charge in [-0.3, -0.25) is 0 Å². The van der Waals surface area contributed by atoms with Crippen LogP contribution >= 0.6 is 35.0 Å². The largest absolute Gasteiger partial charge is 0.324 e. The summed E-state index contributed by atoms with van der Waals surface area (Å²) < 4.78 is 1.25. The van der Waals surface area contributed by atoms with Gasteiger partial charge in [0, 0.05) is 9.61 Å². The van der Waals surface area contributed by atoms with E-state index in [1.807, 2.05) is 0 Å². The molecule has 1 aromatic carbocycles. The Hall–Kier alpha value is 0.200. The van der Waals surface area contributed by atoms with Crippen molar-refractivity contribution in [1.29, 1.82) is 0 Å². The average molecular weight is 326 g/mol. The van der Waals surface area contributed by atoms with Gasteiger partial charge in [0.05, 0.1) is 0 Å². The molecule has 0 amide bonds. The van der Waals surface area contributed by atoms with Crippen molar-refractivity contribution in [3.8, 4) is 0 Å². The summed E-state index contributed by atoms with van der Waals surface area (Å²) in [6, 6.07) is 8.50. The van der Waals surface area contributed by atoms with Crippen molar-refractivity contribution >= 4 is 35.0 Å². The van der Waals surface area contributed by atoms with E-state index in [1.54, 1.807) is 0 Å². The molecular weight excluding hydrogens is 308 g/mol. The molecule has 1 nitrogen and oxygen atoms in total. The third-order valence-corrected chi connectivity index (χ3v) is 2.81. The number of hydrogen-bond acceptors (Lipinski definition) is 1. The van der Waals surface area contributed by atoms with Gasteiger partial charge in [-0.25, -0.2) is 0 Å². The first-order valence-corrected chi connectivity index (χ1v) is 5.50. The number of benzene rings is 1. The average Bonchev–Trinajstić information content (AvgIpc) is 2.01. The molecule has 0 bridgehead atoms. The van der Waals surface area contributed by atoms with Gasteiger partial charge in [0.15, 0.2) is 0 Å². The predicted molar refractivity (Wildman–Crippen MR) is 72.8 cm³/mol. The summed E-state index contributed by atoms with van der Waals surface area (Å²) in [7, 11) is 0. The molecular formula is C11H17ClIN. The van der Waals surface area contributed by atoms with Crippen molar-refractivity contribution in [3.63, 3.8) is 0 Å². The molecule has 0 aliphatic rings. The molecule has 2 N–H and O–H groups in total. The maximum absolute atomic E-state index is 6.14. The van der Waals surface area contributed by atoms with Gasteiger partial charge in [0.25, 0.3) is 0 Å². The molecule has 14 heavy (non-hydrogen) atoms. The fourth-order valence-corrected chi connectivity index (χ4v) is 1.77. The van der Waals surface area contributed by atoms with Crippen molar-refractivity contribution in [1.82, 2.24) is 0 Å². The molecule has 0 fully saturated rings. The van der Waals surface area contributed by atoms with Crippen LogP contribution in [0.3, 0.4) is 0 Å². The van der Waals surface area contributed by atoms with E-state index in [0.717, 1.165) is 0 Å². The quantitative estimate of drug-likeness (QED) is 0.782. The molecule has 1 aromatic rings. The first-order chi connectivity index (χ1) is 5.91. The van der Waals surface area contributed by atoms with Gasteiger partial charge in [-0.1, -0.05) is 32.9 Å². The van der Waals surface area contributed by atoms with Gasteiger partial charge < -0.3 is 5.73 Å². The predicted octanol–water partition coefficient (Wildman–Crippen LogP) is 3.76. The van der Waals surface area contributed by atoms with E-state index in [1.165, 1.54) is 9.13 Å². The summed E-state index contributed by atoms with van der Waals surface area (Å²) in [5.74, 6) is 0. The van der Waals surface area contributed by atoms with Crippen molar-refractivity contribution in [2.75, 3.05) is 0 Å². The molecule has 1 rings (SSSR count).